The minimum atomic E-state index is -0.750. The highest BCUT2D eigenvalue weighted by Crippen LogP contribution is 2.44. The topological polar surface area (TPSA) is 85.5 Å². The molecule has 1 aliphatic heterocycles. The predicted molar refractivity (Wildman–Crippen MR) is 73.8 cm³/mol. The fourth-order valence-electron chi connectivity index (χ4n) is 3.53. The minimum Gasteiger partial charge on any atom is -0.481 e. The van der Waals surface area contributed by atoms with Crippen LogP contribution in [0.5, 0.6) is 0 Å². The molecule has 1 saturated carbocycles. The number of aliphatic carboxylic acids is 1. The summed E-state index contributed by atoms with van der Waals surface area (Å²) < 4.78 is 10.7. The van der Waals surface area contributed by atoms with Crippen LogP contribution < -0.4 is 0 Å². The second-order valence-electron chi connectivity index (χ2n) is 6.28. The molecule has 6 nitrogen and oxygen atoms in total. The van der Waals surface area contributed by atoms with E-state index in [4.69, 9.17) is 9.26 Å². The second-order valence-corrected chi connectivity index (χ2v) is 6.28. The van der Waals surface area contributed by atoms with Crippen molar-refractivity contribution in [2.24, 2.45) is 17.8 Å². The molecular weight excluding hydrogens is 272 g/mol. The number of rotatable bonds is 5. The van der Waals surface area contributed by atoms with Crippen molar-refractivity contribution in [3.63, 3.8) is 0 Å². The first-order valence-corrected chi connectivity index (χ1v) is 7.80. The van der Waals surface area contributed by atoms with Crippen molar-refractivity contribution < 1.29 is 19.2 Å². The monoisotopic (exact) mass is 294 g/mol. The predicted octanol–water partition coefficient (Wildman–Crippen LogP) is 2.25. The molecule has 1 aliphatic carbocycles. The first kappa shape index (κ1) is 14.5. The third-order valence-corrected chi connectivity index (χ3v) is 4.85. The highest BCUT2D eigenvalue weighted by Gasteiger charge is 2.42. The van der Waals surface area contributed by atoms with Crippen LogP contribution in [0.4, 0.5) is 0 Å². The molecule has 2 aliphatic rings. The molecule has 1 saturated heterocycles. The summed E-state index contributed by atoms with van der Waals surface area (Å²) in [5.41, 5.74) is 0. The van der Waals surface area contributed by atoms with Gasteiger partial charge in [0, 0.05) is 19.6 Å². The van der Waals surface area contributed by atoms with Crippen LogP contribution >= 0.6 is 0 Å². The van der Waals surface area contributed by atoms with Crippen LogP contribution in [0.25, 0.3) is 0 Å². The Bertz CT molecular complexity index is 496. The molecule has 1 aromatic heterocycles. The van der Waals surface area contributed by atoms with E-state index in [1.54, 1.807) is 0 Å². The van der Waals surface area contributed by atoms with Crippen molar-refractivity contribution in [2.45, 2.75) is 44.9 Å². The molecule has 1 aromatic rings. The lowest BCUT2D eigenvalue weighted by molar-refractivity contribution is -0.142. The van der Waals surface area contributed by atoms with E-state index in [-0.39, 0.29) is 5.92 Å². The largest absolute Gasteiger partial charge is 0.481 e. The molecule has 3 rings (SSSR count). The van der Waals surface area contributed by atoms with Crippen molar-refractivity contribution >= 4 is 5.97 Å². The standard InChI is InChI=1S/C15H22N2O4/c1-2-9-5-11(12(6-9)15(18)19)14-16-13(17-21-14)7-10-3-4-20-8-10/h9-12H,2-8H2,1H3,(H,18,19). The third-order valence-electron chi connectivity index (χ3n) is 4.85. The molecule has 2 fully saturated rings. The maximum absolute atomic E-state index is 11.4. The zero-order valence-electron chi connectivity index (χ0n) is 12.3. The maximum Gasteiger partial charge on any atom is 0.307 e. The number of carboxylic acid groups (broad SMARTS) is 1. The number of ether oxygens (including phenoxy) is 1. The van der Waals surface area contributed by atoms with Crippen molar-refractivity contribution in [3.05, 3.63) is 11.7 Å². The summed E-state index contributed by atoms with van der Waals surface area (Å²) in [4.78, 5) is 15.9. The highest BCUT2D eigenvalue weighted by molar-refractivity contribution is 5.71. The quantitative estimate of drug-likeness (QED) is 0.896. The van der Waals surface area contributed by atoms with E-state index in [1.807, 2.05) is 0 Å². The van der Waals surface area contributed by atoms with Crippen LogP contribution in [0.2, 0.25) is 0 Å². The Kier molecular flexibility index (Phi) is 4.24. The molecule has 116 valence electrons. The third kappa shape index (κ3) is 3.10. The van der Waals surface area contributed by atoms with E-state index >= 15 is 0 Å². The van der Waals surface area contributed by atoms with Crippen LogP contribution in [0.3, 0.4) is 0 Å². The number of carbonyl (C=O) groups is 1. The SMILES string of the molecule is CCC1CC(C(=O)O)C(c2nc(CC3CCOC3)no2)C1. The van der Waals surface area contributed by atoms with E-state index in [1.165, 1.54) is 0 Å². The molecule has 1 N–H and O–H groups in total. The van der Waals surface area contributed by atoms with E-state index in [9.17, 15) is 9.90 Å². The smallest absolute Gasteiger partial charge is 0.307 e. The van der Waals surface area contributed by atoms with Gasteiger partial charge in [0.1, 0.15) is 0 Å². The van der Waals surface area contributed by atoms with Crippen LogP contribution in [0.15, 0.2) is 4.52 Å². The van der Waals surface area contributed by atoms with Crippen LogP contribution in [0.1, 0.15) is 50.2 Å². The average molecular weight is 294 g/mol. The van der Waals surface area contributed by atoms with Crippen molar-refractivity contribution in [1.82, 2.24) is 10.1 Å². The van der Waals surface area contributed by atoms with Crippen molar-refractivity contribution in [3.8, 4) is 0 Å². The number of carboxylic acids is 1. The molecule has 0 radical (unpaired) electrons. The molecule has 21 heavy (non-hydrogen) atoms. The van der Waals surface area contributed by atoms with Crippen LogP contribution in [-0.4, -0.2) is 34.4 Å². The molecule has 0 spiro atoms. The summed E-state index contributed by atoms with van der Waals surface area (Å²) in [6.07, 6.45) is 4.33. The van der Waals surface area contributed by atoms with E-state index in [0.29, 0.717) is 30.0 Å². The normalized spacial score (nSPS) is 32.6. The Hall–Kier alpha value is -1.43. The Labute approximate surface area is 123 Å². The van der Waals surface area contributed by atoms with E-state index < -0.39 is 11.9 Å². The summed E-state index contributed by atoms with van der Waals surface area (Å²) in [5, 5.41) is 13.4. The van der Waals surface area contributed by atoms with Gasteiger partial charge in [0.15, 0.2) is 5.82 Å². The Morgan fingerprint density at radius 3 is 2.90 bits per heavy atom. The van der Waals surface area contributed by atoms with Crippen molar-refractivity contribution in [1.29, 1.82) is 0 Å². The van der Waals surface area contributed by atoms with Crippen molar-refractivity contribution in [2.75, 3.05) is 13.2 Å². The van der Waals surface area contributed by atoms with Gasteiger partial charge in [-0.1, -0.05) is 18.5 Å². The van der Waals surface area contributed by atoms with Gasteiger partial charge >= 0.3 is 5.97 Å². The highest BCUT2D eigenvalue weighted by atomic mass is 16.5. The van der Waals surface area contributed by atoms with Crippen LogP contribution in [0, 0.1) is 17.8 Å². The van der Waals surface area contributed by atoms with Gasteiger partial charge in [-0.05, 0) is 31.1 Å². The molecule has 6 heteroatoms. The molecular formula is C15H22N2O4. The Balaban J connectivity index is 1.70. The molecule has 0 bridgehead atoms. The molecule has 4 unspecified atom stereocenters. The van der Waals surface area contributed by atoms with Gasteiger partial charge in [0.2, 0.25) is 5.89 Å². The fraction of sp³-hybridized carbons (Fsp3) is 0.800. The van der Waals surface area contributed by atoms with Gasteiger partial charge in [-0.2, -0.15) is 4.98 Å². The van der Waals surface area contributed by atoms with Gasteiger partial charge in [-0.3, -0.25) is 4.79 Å². The van der Waals surface area contributed by atoms with E-state index in [2.05, 4.69) is 17.1 Å². The lowest BCUT2D eigenvalue weighted by Crippen LogP contribution is -2.17. The summed E-state index contributed by atoms with van der Waals surface area (Å²) in [7, 11) is 0. The Morgan fingerprint density at radius 2 is 2.24 bits per heavy atom. The lowest BCUT2D eigenvalue weighted by atomic mass is 9.96. The summed E-state index contributed by atoms with van der Waals surface area (Å²) >= 11 is 0. The van der Waals surface area contributed by atoms with Gasteiger partial charge in [0.25, 0.3) is 0 Å². The summed E-state index contributed by atoms with van der Waals surface area (Å²) in [5.74, 6) is 0.815. The van der Waals surface area contributed by atoms with Gasteiger partial charge in [-0.25, -0.2) is 0 Å². The number of hydrogen-bond acceptors (Lipinski definition) is 5. The second kappa shape index (κ2) is 6.13. The average Bonchev–Trinajstić information content (AvgIpc) is 3.18. The zero-order chi connectivity index (χ0) is 14.8. The summed E-state index contributed by atoms with van der Waals surface area (Å²) in [6.45, 7) is 3.66. The van der Waals surface area contributed by atoms with Gasteiger partial charge in [-0.15, -0.1) is 0 Å². The fourth-order valence-corrected chi connectivity index (χ4v) is 3.53. The number of aromatic nitrogens is 2. The number of nitrogens with zero attached hydrogens (tertiary/aromatic N) is 2. The molecule has 0 amide bonds. The summed E-state index contributed by atoms with van der Waals surface area (Å²) in [6, 6.07) is 0. The number of hydrogen-bond donors (Lipinski definition) is 1. The van der Waals surface area contributed by atoms with E-state index in [0.717, 1.165) is 38.9 Å². The first-order chi connectivity index (χ1) is 10.2. The minimum absolute atomic E-state index is 0.131. The Morgan fingerprint density at radius 1 is 1.38 bits per heavy atom. The molecule has 0 aromatic carbocycles. The maximum atomic E-state index is 11.4. The van der Waals surface area contributed by atoms with Crippen LogP contribution in [-0.2, 0) is 16.0 Å². The van der Waals surface area contributed by atoms with Gasteiger partial charge in [0.05, 0.1) is 11.8 Å². The lowest BCUT2D eigenvalue weighted by Gasteiger charge is -2.10. The first-order valence-electron chi connectivity index (χ1n) is 7.80. The molecule has 4 atom stereocenters. The van der Waals surface area contributed by atoms with Gasteiger partial charge < -0.3 is 14.4 Å². The zero-order valence-corrected chi connectivity index (χ0v) is 12.3. The molecule has 2 heterocycles.